The molecular weight excluding hydrogens is 292 g/mol. The first kappa shape index (κ1) is 15.9. The first-order valence-corrected chi connectivity index (χ1v) is 8.46. The second-order valence-electron chi connectivity index (χ2n) is 5.08. The number of hydrogen-bond acceptors (Lipinski definition) is 5. The molecular formula is C13H20N4O3S. The van der Waals surface area contributed by atoms with E-state index in [9.17, 15) is 13.2 Å². The first-order chi connectivity index (χ1) is 9.92. The highest BCUT2D eigenvalue weighted by atomic mass is 32.2. The van der Waals surface area contributed by atoms with Crippen LogP contribution in [0.2, 0.25) is 0 Å². The van der Waals surface area contributed by atoms with Gasteiger partial charge in [-0.15, -0.1) is 0 Å². The lowest BCUT2D eigenvalue weighted by atomic mass is 10.2. The number of amides is 1. The molecule has 1 amide bonds. The predicted molar refractivity (Wildman–Crippen MR) is 81.2 cm³/mol. The number of nitrogens with two attached hydrogens (primary N) is 1. The van der Waals surface area contributed by atoms with Crippen LogP contribution in [-0.4, -0.2) is 51.9 Å². The van der Waals surface area contributed by atoms with E-state index in [0.29, 0.717) is 17.8 Å². The van der Waals surface area contributed by atoms with Gasteiger partial charge >= 0.3 is 0 Å². The van der Waals surface area contributed by atoms with Crippen LogP contribution in [0.3, 0.4) is 0 Å². The van der Waals surface area contributed by atoms with Crippen molar-refractivity contribution >= 4 is 21.6 Å². The molecule has 7 nitrogen and oxygen atoms in total. The SMILES string of the molecule is NS(=O)(=O)Cc1ccc(NC(=O)CN2CCNCC2)cc1. The number of carbonyl (C=O) groups excluding carboxylic acids is 1. The standard InChI is InChI=1S/C13H20N4O3S/c14-21(19,20)10-11-1-3-12(4-2-11)16-13(18)9-17-7-5-15-6-8-17/h1-4,15H,5-10H2,(H,16,18)(H2,14,19,20). The quantitative estimate of drug-likeness (QED) is 0.668. The molecule has 1 aromatic rings. The fourth-order valence-corrected chi connectivity index (χ4v) is 2.85. The Morgan fingerprint density at radius 3 is 2.43 bits per heavy atom. The number of primary sulfonamides is 1. The summed E-state index contributed by atoms with van der Waals surface area (Å²) in [5, 5.41) is 11.0. The van der Waals surface area contributed by atoms with Gasteiger partial charge < -0.3 is 10.6 Å². The van der Waals surface area contributed by atoms with E-state index in [0.717, 1.165) is 26.2 Å². The van der Waals surface area contributed by atoms with Crippen molar-refractivity contribution in [2.45, 2.75) is 5.75 Å². The minimum Gasteiger partial charge on any atom is -0.325 e. The maximum absolute atomic E-state index is 11.9. The second-order valence-corrected chi connectivity index (χ2v) is 6.69. The average molecular weight is 312 g/mol. The molecule has 0 spiro atoms. The number of nitrogens with zero attached hydrogens (tertiary/aromatic N) is 1. The molecule has 116 valence electrons. The van der Waals surface area contributed by atoms with Crippen LogP contribution in [0.4, 0.5) is 5.69 Å². The fraction of sp³-hybridized carbons (Fsp3) is 0.462. The van der Waals surface area contributed by atoms with Gasteiger partial charge in [0.05, 0.1) is 12.3 Å². The molecule has 0 unspecified atom stereocenters. The predicted octanol–water partition coefficient (Wildman–Crippen LogP) is -0.681. The molecule has 1 heterocycles. The maximum Gasteiger partial charge on any atom is 0.238 e. The van der Waals surface area contributed by atoms with Gasteiger partial charge in [0.15, 0.2) is 0 Å². The number of hydrogen-bond donors (Lipinski definition) is 3. The molecule has 2 rings (SSSR count). The minimum atomic E-state index is -3.53. The average Bonchev–Trinajstić information content (AvgIpc) is 2.40. The maximum atomic E-state index is 11.9. The van der Waals surface area contributed by atoms with E-state index in [-0.39, 0.29) is 11.7 Å². The van der Waals surface area contributed by atoms with Gasteiger partial charge in [0, 0.05) is 31.9 Å². The van der Waals surface area contributed by atoms with Crippen molar-refractivity contribution in [2.75, 3.05) is 38.0 Å². The number of anilines is 1. The van der Waals surface area contributed by atoms with E-state index in [1.165, 1.54) is 0 Å². The van der Waals surface area contributed by atoms with Crippen LogP contribution in [-0.2, 0) is 20.6 Å². The molecule has 0 saturated carbocycles. The lowest BCUT2D eigenvalue weighted by Crippen LogP contribution is -2.46. The van der Waals surface area contributed by atoms with Crippen molar-refractivity contribution < 1.29 is 13.2 Å². The van der Waals surface area contributed by atoms with Crippen LogP contribution in [0.1, 0.15) is 5.56 Å². The Bertz CT molecular complexity index is 580. The normalized spacial score (nSPS) is 16.6. The Morgan fingerprint density at radius 1 is 1.24 bits per heavy atom. The van der Waals surface area contributed by atoms with Gasteiger partial charge in [-0.25, -0.2) is 13.6 Å². The Balaban J connectivity index is 1.86. The first-order valence-electron chi connectivity index (χ1n) is 6.75. The van der Waals surface area contributed by atoms with Crippen molar-refractivity contribution in [3.8, 4) is 0 Å². The summed E-state index contributed by atoms with van der Waals surface area (Å²) in [5.74, 6) is -0.279. The largest absolute Gasteiger partial charge is 0.325 e. The van der Waals surface area contributed by atoms with E-state index >= 15 is 0 Å². The minimum absolute atomic E-state index is 0.0731. The van der Waals surface area contributed by atoms with Crippen LogP contribution in [0.25, 0.3) is 0 Å². The van der Waals surface area contributed by atoms with Gasteiger partial charge in [-0.1, -0.05) is 12.1 Å². The molecule has 0 atom stereocenters. The van der Waals surface area contributed by atoms with Crippen LogP contribution in [0, 0.1) is 0 Å². The third kappa shape index (κ3) is 5.80. The van der Waals surface area contributed by atoms with Crippen molar-refractivity contribution in [1.29, 1.82) is 0 Å². The molecule has 1 aromatic carbocycles. The zero-order valence-electron chi connectivity index (χ0n) is 11.7. The van der Waals surface area contributed by atoms with E-state index in [4.69, 9.17) is 5.14 Å². The Morgan fingerprint density at radius 2 is 1.86 bits per heavy atom. The molecule has 1 fully saturated rings. The van der Waals surface area contributed by atoms with Crippen molar-refractivity contribution in [3.05, 3.63) is 29.8 Å². The summed E-state index contributed by atoms with van der Waals surface area (Å²) in [6.45, 7) is 3.88. The molecule has 8 heteroatoms. The molecule has 4 N–H and O–H groups in total. The molecule has 0 aromatic heterocycles. The lowest BCUT2D eigenvalue weighted by Gasteiger charge is -2.26. The fourth-order valence-electron chi connectivity index (χ4n) is 2.19. The molecule has 0 bridgehead atoms. The third-order valence-electron chi connectivity index (χ3n) is 3.18. The van der Waals surface area contributed by atoms with E-state index in [1.54, 1.807) is 24.3 Å². The highest BCUT2D eigenvalue weighted by Crippen LogP contribution is 2.11. The highest BCUT2D eigenvalue weighted by molar-refractivity contribution is 7.88. The third-order valence-corrected chi connectivity index (χ3v) is 3.92. The van der Waals surface area contributed by atoms with Gasteiger partial charge in [-0.3, -0.25) is 9.69 Å². The summed E-state index contributed by atoms with van der Waals surface area (Å²) in [5.41, 5.74) is 1.24. The van der Waals surface area contributed by atoms with Crippen LogP contribution < -0.4 is 15.8 Å². The van der Waals surface area contributed by atoms with Crippen molar-refractivity contribution in [2.24, 2.45) is 5.14 Å². The van der Waals surface area contributed by atoms with Gasteiger partial charge in [-0.05, 0) is 17.7 Å². The van der Waals surface area contributed by atoms with Gasteiger partial charge in [0.2, 0.25) is 15.9 Å². The molecule has 0 aliphatic carbocycles. The summed E-state index contributed by atoms with van der Waals surface area (Å²) in [6, 6.07) is 6.64. The Labute approximate surface area is 124 Å². The monoisotopic (exact) mass is 312 g/mol. The summed E-state index contributed by atoms with van der Waals surface area (Å²) in [7, 11) is -3.53. The number of carbonyl (C=O) groups is 1. The molecule has 1 aliphatic rings. The molecule has 0 radical (unpaired) electrons. The van der Waals surface area contributed by atoms with Crippen LogP contribution in [0.15, 0.2) is 24.3 Å². The van der Waals surface area contributed by atoms with Gasteiger partial charge in [-0.2, -0.15) is 0 Å². The van der Waals surface area contributed by atoms with E-state index in [1.807, 2.05) is 0 Å². The molecule has 1 saturated heterocycles. The lowest BCUT2D eigenvalue weighted by molar-refractivity contribution is -0.117. The number of sulfonamides is 1. The van der Waals surface area contributed by atoms with Gasteiger partial charge in [0.25, 0.3) is 0 Å². The number of nitrogens with one attached hydrogen (secondary N) is 2. The number of rotatable bonds is 5. The smallest absolute Gasteiger partial charge is 0.238 e. The van der Waals surface area contributed by atoms with E-state index < -0.39 is 10.0 Å². The topological polar surface area (TPSA) is 105 Å². The highest BCUT2D eigenvalue weighted by Gasteiger charge is 2.13. The Kier molecular flexibility index (Phi) is 5.29. The summed E-state index contributed by atoms with van der Waals surface area (Å²) in [6.07, 6.45) is 0. The summed E-state index contributed by atoms with van der Waals surface area (Å²) < 4.78 is 22.0. The van der Waals surface area contributed by atoms with E-state index in [2.05, 4.69) is 15.5 Å². The number of piperazine rings is 1. The second kappa shape index (κ2) is 6.99. The van der Waals surface area contributed by atoms with Crippen LogP contribution in [0.5, 0.6) is 0 Å². The summed E-state index contributed by atoms with van der Waals surface area (Å²) >= 11 is 0. The number of benzene rings is 1. The molecule has 21 heavy (non-hydrogen) atoms. The van der Waals surface area contributed by atoms with Crippen molar-refractivity contribution in [3.63, 3.8) is 0 Å². The van der Waals surface area contributed by atoms with Crippen molar-refractivity contribution in [1.82, 2.24) is 10.2 Å². The summed E-state index contributed by atoms with van der Waals surface area (Å²) in [4.78, 5) is 14.0. The Hall–Kier alpha value is -1.48. The zero-order chi connectivity index (χ0) is 15.3. The van der Waals surface area contributed by atoms with Crippen LogP contribution >= 0.6 is 0 Å². The zero-order valence-corrected chi connectivity index (χ0v) is 12.5. The van der Waals surface area contributed by atoms with Gasteiger partial charge in [0.1, 0.15) is 0 Å². The molecule has 1 aliphatic heterocycles.